The number of benzene rings is 9. The van der Waals surface area contributed by atoms with Crippen LogP contribution in [0.25, 0.3) is 60.9 Å². The number of para-hydroxylation sites is 1. The molecule has 0 spiro atoms. The van der Waals surface area contributed by atoms with Gasteiger partial charge in [-0.05, 0) is 116 Å². The molecule has 1 aliphatic carbocycles. The van der Waals surface area contributed by atoms with Crippen molar-refractivity contribution in [2.45, 2.75) is 5.41 Å². The first-order valence-corrected chi connectivity index (χ1v) is 21.6. The van der Waals surface area contributed by atoms with Crippen molar-refractivity contribution in [1.82, 2.24) is 9.55 Å². The Hall–Kier alpha value is -8.27. The van der Waals surface area contributed by atoms with E-state index in [0.29, 0.717) is 0 Å². The maximum Gasteiger partial charge on any atom is 0.0714 e. The largest absolute Gasteiger partial charge is 0.310 e. The number of hydrogen-bond donors (Lipinski definition) is 0. The monoisotopic (exact) mass is 803 g/mol. The number of pyridine rings is 1. The van der Waals surface area contributed by atoms with Crippen LogP contribution >= 0.6 is 0 Å². The van der Waals surface area contributed by atoms with Crippen LogP contribution in [0.1, 0.15) is 22.3 Å². The summed E-state index contributed by atoms with van der Waals surface area (Å²) >= 11 is 0. The van der Waals surface area contributed by atoms with Crippen LogP contribution in [-0.4, -0.2) is 9.55 Å². The summed E-state index contributed by atoms with van der Waals surface area (Å²) < 4.78 is 2.35. The highest BCUT2D eigenvalue weighted by atomic mass is 15.1. The highest BCUT2D eigenvalue weighted by Gasteiger charge is 2.46. The molecule has 0 unspecified atom stereocenters. The van der Waals surface area contributed by atoms with Gasteiger partial charge in [-0.2, -0.15) is 0 Å². The van der Waals surface area contributed by atoms with Crippen molar-refractivity contribution in [3.8, 4) is 39.1 Å². The second kappa shape index (κ2) is 15.0. The molecule has 3 heteroatoms. The molecular formula is C60H41N3. The number of anilines is 3. The third-order valence-corrected chi connectivity index (χ3v) is 13.0. The Morgan fingerprint density at radius 2 is 0.905 bits per heavy atom. The lowest BCUT2D eigenvalue weighted by atomic mass is 9.67. The summed E-state index contributed by atoms with van der Waals surface area (Å²) in [5.74, 6) is 0. The topological polar surface area (TPSA) is 21.1 Å². The van der Waals surface area contributed by atoms with Gasteiger partial charge in [0.05, 0.1) is 16.4 Å². The summed E-state index contributed by atoms with van der Waals surface area (Å²) in [5, 5.41) is 2.35. The van der Waals surface area contributed by atoms with E-state index in [1.807, 2.05) is 12.4 Å². The van der Waals surface area contributed by atoms with Crippen molar-refractivity contribution in [2.24, 2.45) is 0 Å². The number of fused-ring (bicyclic) bond motifs is 6. The average Bonchev–Trinajstić information content (AvgIpc) is 3.86. The van der Waals surface area contributed by atoms with Crippen molar-refractivity contribution < 1.29 is 0 Å². The second-order valence-electron chi connectivity index (χ2n) is 16.3. The Balaban J connectivity index is 1.01. The lowest BCUT2D eigenvalue weighted by Gasteiger charge is -2.35. The van der Waals surface area contributed by atoms with Crippen LogP contribution in [0.5, 0.6) is 0 Å². The van der Waals surface area contributed by atoms with Gasteiger partial charge in [0.1, 0.15) is 0 Å². The van der Waals surface area contributed by atoms with Crippen molar-refractivity contribution in [1.29, 1.82) is 0 Å². The van der Waals surface area contributed by atoms with Gasteiger partial charge in [-0.15, -0.1) is 0 Å². The van der Waals surface area contributed by atoms with Crippen LogP contribution in [0.4, 0.5) is 17.1 Å². The molecule has 0 saturated heterocycles. The van der Waals surface area contributed by atoms with E-state index in [1.54, 1.807) is 0 Å². The second-order valence-corrected chi connectivity index (χ2v) is 16.3. The SMILES string of the molecule is c1ccc(-c2ccc(N(c3ccc(-c4cccc(-n5c6ccccc6c6cnccc65)c4)cc3)c3ccc4c(c3)C(c3ccccc3)(c3ccccc3)c3ccccc3-4)cc2)cc1. The Morgan fingerprint density at radius 3 is 1.62 bits per heavy atom. The molecule has 0 amide bonds. The summed E-state index contributed by atoms with van der Waals surface area (Å²) in [5.41, 5.74) is 18.5. The molecule has 0 N–H and O–H groups in total. The Kier molecular flexibility index (Phi) is 8.72. The van der Waals surface area contributed by atoms with Crippen LogP contribution < -0.4 is 4.90 Å². The summed E-state index contributed by atoms with van der Waals surface area (Å²) in [6.45, 7) is 0. The van der Waals surface area contributed by atoms with Crippen LogP contribution in [0.3, 0.4) is 0 Å². The molecule has 0 radical (unpaired) electrons. The van der Waals surface area contributed by atoms with Crippen LogP contribution in [0.2, 0.25) is 0 Å². The van der Waals surface area contributed by atoms with Gasteiger partial charge in [-0.1, -0.05) is 176 Å². The van der Waals surface area contributed by atoms with E-state index in [4.69, 9.17) is 0 Å². The molecule has 0 bridgehead atoms. The Morgan fingerprint density at radius 1 is 0.365 bits per heavy atom. The number of hydrogen-bond acceptors (Lipinski definition) is 2. The summed E-state index contributed by atoms with van der Waals surface area (Å²) in [7, 11) is 0. The lowest BCUT2D eigenvalue weighted by Crippen LogP contribution is -2.28. The number of rotatable bonds is 8. The highest BCUT2D eigenvalue weighted by Crippen LogP contribution is 2.57. The first kappa shape index (κ1) is 36.6. The van der Waals surface area contributed by atoms with Gasteiger partial charge in [0.25, 0.3) is 0 Å². The van der Waals surface area contributed by atoms with E-state index >= 15 is 0 Å². The molecule has 11 aromatic rings. The van der Waals surface area contributed by atoms with Gasteiger partial charge in [0.2, 0.25) is 0 Å². The van der Waals surface area contributed by atoms with Crippen molar-refractivity contribution in [2.75, 3.05) is 4.90 Å². The quantitative estimate of drug-likeness (QED) is 0.153. The van der Waals surface area contributed by atoms with Gasteiger partial charge >= 0.3 is 0 Å². The fourth-order valence-corrected chi connectivity index (χ4v) is 10.2. The predicted octanol–water partition coefficient (Wildman–Crippen LogP) is 15.3. The molecule has 3 nitrogen and oxygen atoms in total. The van der Waals surface area contributed by atoms with E-state index in [0.717, 1.165) is 44.8 Å². The fourth-order valence-electron chi connectivity index (χ4n) is 10.2. The molecule has 63 heavy (non-hydrogen) atoms. The van der Waals surface area contributed by atoms with E-state index in [9.17, 15) is 0 Å². The maximum atomic E-state index is 4.46. The lowest BCUT2D eigenvalue weighted by molar-refractivity contribution is 0.768. The van der Waals surface area contributed by atoms with Crippen LogP contribution in [0.15, 0.2) is 249 Å². The minimum absolute atomic E-state index is 0.505. The molecule has 0 fully saturated rings. The molecule has 2 heterocycles. The minimum Gasteiger partial charge on any atom is -0.310 e. The van der Waals surface area contributed by atoms with E-state index in [-0.39, 0.29) is 0 Å². The number of aromatic nitrogens is 2. The van der Waals surface area contributed by atoms with Gasteiger partial charge in [-0.3, -0.25) is 4.98 Å². The van der Waals surface area contributed by atoms with E-state index in [1.165, 1.54) is 55.4 Å². The maximum absolute atomic E-state index is 4.46. The molecule has 296 valence electrons. The Bertz CT molecular complexity index is 3330. The predicted molar refractivity (Wildman–Crippen MR) is 261 cm³/mol. The van der Waals surface area contributed by atoms with Crippen molar-refractivity contribution >= 4 is 38.9 Å². The molecular weight excluding hydrogens is 763 g/mol. The first-order chi connectivity index (χ1) is 31.3. The van der Waals surface area contributed by atoms with Gasteiger partial charge in [0, 0.05) is 45.9 Å². The van der Waals surface area contributed by atoms with E-state index in [2.05, 4.69) is 251 Å². The average molecular weight is 804 g/mol. The molecule has 12 rings (SSSR count). The van der Waals surface area contributed by atoms with Crippen molar-refractivity contribution in [3.05, 3.63) is 271 Å². The normalized spacial score (nSPS) is 12.6. The molecule has 2 aromatic heterocycles. The highest BCUT2D eigenvalue weighted by molar-refractivity contribution is 6.09. The molecule has 0 saturated carbocycles. The summed E-state index contributed by atoms with van der Waals surface area (Å²) in [6.07, 6.45) is 3.85. The summed E-state index contributed by atoms with van der Waals surface area (Å²) in [6, 6.07) is 86.3. The Labute approximate surface area is 367 Å². The zero-order valence-electron chi connectivity index (χ0n) is 34.5. The number of nitrogens with zero attached hydrogens (tertiary/aromatic N) is 3. The van der Waals surface area contributed by atoms with Crippen molar-refractivity contribution in [3.63, 3.8) is 0 Å². The first-order valence-electron chi connectivity index (χ1n) is 21.6. The zero-order chi connectivity index (χ0) is 41.7. The third-order valence-electron chi connectivity index (χ3n) is 13.0. The molecule has 1 aliphatic rings. The van der Waals surface area contributed by atoms with Gasteiger partial charge in [-0.25, -0.2) is 0 Å². The molecule has 9 aromatic carbocycles. The van der Waals surface area contributed by atoms with Crippen LogP contribution in [0, 0.1) is 0 Å². The fraction of sp³-hybridized carbons (Fsp3) is 0.0167. The molecule has 0 atom stereocenters. The van der Waals surface area contributed by atoms with Crippen LogP contribution in [-0.2, 0) is 5.41 Å². The minimum atomic E-state index is -0.505. The standard InChI is InChI=1S/C60H41N3/c1-4-15-42(16-5-1)43-27-31-48(32-28-43)62(49-33-29-44(30-34-49)45-17-14-22-50(39-45)63-58-26-13-11-24-54(58)55-41-61-38-37-59(55)63)51-35-36-53-52-23-10-12-25-56(52)60(57(53)40-51,46-18-6-2-7-19-46)47-20-8-3-9-21-47/h1-41H. The summed E-state index contributed by atoms with van der Waals surface area (Å²) in [4.78, 5) is 6.87. The smallest absolute Gasteiger partial charge is 0.0714 e. The third kappa shape index (κ3) is 5.93. The zero-order valence-corrected chi connectivity index (χ0v) is 34.5. The molecule has 0 aliphatic heterocycles. The van der Waals surface area contributed by atoms with Gasteiger partial charge in [0.15, 0.2) is 0 Å². The van der Waals surface area contributed by atoms with Gasteiger partial charge < -0.3 is 9.47 Å². The van der Waals surface area contributed by atoms with E-state index < -0.39 is 5.41 Å².